The zero-order valence-electron chi connectivity index (χ0n) is 13.4. The number of imidazole rings is 1. The lowest BCUT2D eigenvalue weighted by atomic mass is 10.2. The van der Waals surface area contributed by atoms with Gasteiger partial charge in [-0.05, 0) is 30.3 Å². The van der Waals surface area contributed by atoms with Crippen LogP contribution in [0.2, 0.25) is 5.02 Å². The van der Waals surface area contributed by atoms with Crippen molar-refractivity contribution in [3.05, 3.63) is 64.6 Å². The van der Waals surface area contributed by atoms with Gasteiger partial charge in [-0.15, -0.1) is 0 Å². The van der Waals surface area contributed by atoms with E-state index in [1.54, 1.807) is 12.1 Å². The van der Waals surface area contributed by atoms with Gasteiger partial charge in [0.2, 0.25) is 0 Å². The summed E-state index contributed by atoms with van der Waals surface area (Å²) in [7, 11) is 0. The highest BCUT2D eigenvalue weighted by molar-refractivity contribution is 6.31. The average Bonchev–Trinajstić information content (AvgIpc) is 3.16. The maximum atomic E-state index is 10.3. The van der Waals surface area contributed by atoms with Gasteiger partial charge in [0.1, 0.15) is 29.5 Å². The van der Waals surface area contributed by atoms with Crippen molar-refractivity contribution in [2.45, 2.75) is 0 Å². The highest BCUT2D eigenvalue weighted by atomic mass is 35.5. The van der Waals surface area contributed by atoms with Crippen LogP contribution in [0.5, 0.6) is 5.75 Å². The van der Waals surface area contributed by atoms with Crippen LogP contribution < -0.4 is 0 Å². The summed E-state index contributed by atoms with van der Waals surface area (Å²) in [6, 6.07) is 12.1. The number of nitrogens with one attached hydrogen (secondary N) is 2. The number of para-hydroxylation sites is 2. The van der Waals surface area contributed by atoms with Crippen LogP contribution in [0, 0.1) is 5.41 Å². The number of phenols is 1. The molecule has 26 heavy (non-hydrogen) atoms. The number of fused-ring (bicyclic) bond motifs is 1. The molecule has 0 saturated heterocycles. The number of H-pyrrole nitrogens is 1. The predicted molar refractivity (Wildman–Crippen MR) is 101 cm³/mol. The number of phenolic OH excluding ortho intramolecular Hbond substituents is 1. The van der Waals surface area contributed by atoms with Gasteiger partial charge in [-0.3, -0.25) is 5.41 Å². The molecule has 7 nitrogen and oxygen atoms in total. The Kier molecular flexibility index (Phi) is 3.85. The molecule has 0 bridgehead atoms. The van der Waals surface area contributed by atoms with Crippen LogP contribution in [-0.2, 0) is 0 Å². The van der Waals surface area contributed by atoms with Crippen molar-refractivity contribution in [1.29, 1.82) is 5.41 Å². The van der Waals surface area contributed by atoms with E-state index < -0.39 is 0 Å². The molecule has 0 spiro atoms. The van der Waals surface area contributed by atoms with Crippen molar-refractivity contribution in [1.82, 2.24) is 15.0 Å². The fourth-order valence-corrected chi connectivity index (χ4v) is 2.93. The Morgan fingerprint density at radius 3 is 2.85 bits per heavy atom. The van der Waals surface area contributed by atoms with Crippen molar-refractivity contribution >= 4 is 40.3 Å². The number of hydrogen-bond donors (Lipinski definition) is 4. The topological polar surface area (TPSA) is 109 Å². The maximum absolute atomic E-state index is 10.3. The van der Waals surface area contributed by atoms with E-state index in [9.17, 15) is 10.2 Å². The number of aromatic amines is 1. The summed E-state index contributed by atoms with van der Waals surface area (Å²) in [6.45, 7) is 0.0447. The SMILES string of the molecule is N=C1C(c2nc3ccccc3[nH]2)=C(O)CN1/N=C/c1cc(Cl)ccc1O. The number of amidine groups is 1. The highest BCUT2D eigenvalue weighted by Gasteiger charge is 2.30. The fourth-order valence-electron chi connectivity index (χ4n) is 2.74. The van der Waals surface area contributed by atoms with Crippen LogP contribution in [0.3, 0.4) is 0 Å². The quantitative estimate of drug-likeness (QED) is 0.531. The van der Waals surface area contributed by atoms with E-state index in [2.05, 4.69) is 15.1 Å². The Bertz CT molecular complexity index is 1050. The summed E-state index contributed by atoms with van der Waals surface area (Å²) in [5, 5.41) is 34.4. The van der Waals surface area contributed by atoms with Gasteiger partial charge in [0.15, 0.2) is 5.84 Å². The van der Waals surface area contributed by atoms with Gasteiger partial charge in [0.05, 0.1) is 17.2 Å². The Morgan fingerprint density at radius 1 is 1.23 bits per heavy atom. The van der Waals surface area contributed by atoms with E-state index in [4.69, 9.17) is 17.0 Å². The van der Waals surface area contributed by atoms with Gasteiger partial charge < -0.3 is 15.2 Å². The molecule has 130 valence electrons. The minimum absolute atomic E-state index is 0.00141. The zero-order chi connectivity index (χ0) is 18.3. The van der Waals surface area contributed by atoms with Gasteiger partial charge in [-0.1, -0.05) is 23.7 Å². The first-order chi connectivity index (χ1) is 12.5. The van der Waals surface area contributed by atoms with E-state index >= 15 is 0 Å². The van der Waals surface area contributed by atoms with Crippen LogP contribution in [0.15, 0.2) is 53.3 Å². The Labute approximate surface area is 153 Å². The molecule has 0 unspecified atom stereocenters. The third-order valence-electron chi connectivity index (χ3n) is 4.03. The van der Waals surface area contributed by atoms with Crippen molar-refractivity contribution in [2.75, 3.05) is 6.54 Å². The Balaban J connectivity index is 1.62. The number of nitrogens with zero attached hydrogens (tertiary/aromatic N) is 3. The van der Waals surface area contributed by atoms with Crippen molar-refractivity contribution < 1.29 is 10.2 Å². The second-order valence-electron chi connectivity index (χ2n) is 5.78. The molecule has 1 aliphatic rings. The molecule has 3 aromatic rings. The number of rotatable bonds is 3. The van der Waals surface area contributed by atoms with Gasteiger partial charge in [0, 0.05) is 10.6 Å². The number of hydrazone groups is 1. The molecule has 4 N–H and O–H groups in total. The molecular formula is C18H14ClN5O2. The minimum Gasteiger partial charge on any atom is -0.509 e. The van der Waals surface area contributed by atoms with E-state index in [-0.39, 0.29) is 23.9 Å². The summed E-state index contributed by atoms with van der Waals surface area (Å²) >= 11 is 5.92. The number of halogens is 1. The summed E-state index contributed by atoms with van der Waals surface area (Å²) in [6.07, 6.45) is 1.39. The Morgan fingerprint density at radius 2 is 2.04 bits per heavy atom. The molecule has 0 atom stereocenters. The van der Waals surface area contributed by atoms with Gasteiger partial charge in [0.25, 0.3) is 0 Å². The summed E-state index contributed by atoms with van der Waals surface area (Å²) < 4.78 is 0. The molecule has 4 rings (SSSR count). The average molecular weight is 368 g/mol. The first kappa shape index (κ1) is 16.2. The van der Waals surface area contributed by atoms with Gasteiger partial charge in [-0.25, -0.2) is 9.99 Å². The largest absolute Gasteiger partial charge is 0.509 e. The van der Waals surface area contributed by atoms with E-state index in [0.717, 1.165) is 11.0 Å². The lowest BCUT2D eigenvalue weighted by molar-refractivity contribution is 0.358. The smallest absolute Gasteiger partial charge is 0.156 e. The highest BCUT2D eigenvalue weighted by Crippen LogP contribution is 2.27. The standard InChI is InChI=1S/C18H14ClN5O2/c19-11-5-6-14(25)10(7-11)8-21-24-9-15(26)16(17(24)20)18-22-12-3-1-2-4-13(12)23-18/h1-8,20,25-26H,9H2,(H,22,23)/b20-17?,21-8+. The molecule has 0 saturated carbocycles. The lowest BCUT2D eigenvalue weighted by Gasteiger charge is -2.11. The van der Waals surface area contributed by atoms with Crippen molar-refractivity contribution in [3.8, 4) is 5.75 Å². The van der Waals surface area contributed by atoms with Crippen LogP contribution in [-0.4, -0.2) is 43.8 Å². The van der Waals surface area contributed by atoms with Crippen LogP contribution in [0.25, 0.3) is 16.6 Å². The fraction of sp³-hybridized carbons (Fsp3) is 0.0556. The number of aliphatic hydroxyl groups is 1. The molecule has 2 heterocycles. The monoisotopic (exact) mass is 367 g/mol. The van der Waals surface area contributed by atoms with E-state index in [0.29, 0.717) is 22.0 Å². The second kappa shape index (κ2) is 6.20. The van der Waals surface area contributed by atoms with Crippen LogP contribution in [0.1, 0.15) is 11.4 Å². The Hall–Kier alpha value is -3.32. The molecular weight excluding hydrogens is 354 g/mol. The van der Waals surface area contributed by atoms with Gasteiger partial charge in [-0.2, -0.15) is 5.10 Å². The predicted octanol–water partition coefficient (Wildman–Crippen LogP) is 3.52. The molecule has 8 heteroatoms. The third kappa shape index (κ3) is 2.78. The first-order valence-electron chi connectivity index (χ1n) is 7.79. The third-order valence-corrected chi connectivity index (χ3v) is 4.27. The van der Waals surface area contributed by atoms with Crippen molar-refractivity contribution in [3.63, 3.8) is 0 Å². The minimum atomic E-state index is 0.00141. The number of aliphatic hydroxyl groups excluding tert-OH is 1. The number of aromatic nitrogens is 2. The molecule has 1 aromatic heterocycles. The number of benzene rings is 2. The van der Waals surface area contributed by atoms with Crippen molar-refractivity contribution in [2.24, 2.45) is 5.10 Å². The molecule has 0 fully saturated rings. The van der Waals surface area contributed by atoms with Crippen LogP contribution >= 0.6 is 11.6 Å². The summed E-state index contributed by atoms with van der Waals surface area (Å²) in [5.41, 5.74) is 2.29. The first-order valence-corrected chi connectivity index (χ1v) is 8.17. The number of aromatic hydroxyl groups is 1. The molecule has 0 radical (unpaired) electrons. The van der Waals surface area contributed by atoms with E-state index in [1.165, 1.54) is 17.3 Å². The molecule has 0 aliphatic carbocycles. The number of hydrogen-bond acceptors (Lipinski definition) is 5. The molecule has 0 amide bonds. The molecule has 1 aliphatic heterocycles. The normalized spacial score (nSPS) is 15.0. The van der Waals surface area contributed by atoms with Gasteiger partial charge >= 0.3 is 0 Å². The zero-order valence-corrected chi connectivity index (χ0v) is 14.2. The maximum Gasteiger partial charge on any atom is 0.156 e. The summed E-state index contributed by atoms with van der Waals surface area (Å²) in [4.78, 5) is 7.53. The van der Waals surface area contributed by atoms with Crippen LogP contribution in [0.4, 0.5) is 0 Å². The second-order valence-corrected chi connectivity index (χ2v) is 6.21. The lowest BCUT2D eigenvalue weighted by Crippen LogP contribution is -2.21. The summed E-state index contributed by atoms with van der Waals surface area (Å²) in [5.74, 6) is 0.455. The van der Waals surface area contributed by atoms with E-state index in [1.807, 2.05) is 24.3 Å². The molecule has 2 aromatic carbocycles.